The van der Waals surface area contributed by atoms with Crippen LogP contribution >= 0.6 is 11.8 Å². The fraction of sp³-hybridized carbons (Fsp3) is 0.667. The lowest BCUT2D eigenvalue weighted by atomic mass is 10.0. The van der Waals surface area contributed by atoms with E-state index < -0.39 is 59.9 Å². The van der Waals surface area contributed by atoms with Crippen molar-refractivity contribution in [1.29, 1.82) is 0 Å². The summed E-state index contributed by atoms with van der Waals surface area (Å²) in [6.07, 6.45) is 3.43. The van der Waals surface area contributed by atoms with Gasteiger partial charge in [-0.05, 0) is 81.9 Å². The number of carbonyl (C=O) groups excluding carboxylic acids is 8. The van der Waals surface area contributed by atoms with Crippen molar-refractivity contribution in [1.82, 2.24) is 37.2 Å². The molecule has 8 amide bonds. The predicted octanol–water partition coefficient (Wildman–Crippen LogP) is 0.550. The SMILES string of the molecule is CCOC(=O)C1OC1C(=O)N[C@@H](CC(C)C)C(=O)N[C@@H](Cc1ccc(O)cc1)C(=O)NCCCCCC(=O)N[C@@H](CCCCNC(=O)CCCC1SCC2NC(=O)NC21)C(N)=O. The number of urea groups is 1. The van der Waals surface area contributed by atoms with Crippen molar-refractivity contribution in [3.63, 3.8) is 0 Å². The van der Waals surface area contributed by atoms with Gasteiger partial charge < -0.3 is 57.5 Å². The zero-order valence-corrected chi connectivity index (χ0v) is 36.7. The highest BCUT2D eigenvalue weighted by Crippen LogP contribution is 2.33. The van der Waals surface area contributed by atoms with Gasteiger partial charge in [-0.2, -0.15) is 11.8 Å². The van der Waals surface area contributed by atoms with Gasteiger partial charge in [-0.25, -0.2) is 9.59 Å². The number of phenols is 1. The van der Waals surface area contributed by atoms with Gasteiger partial charge in [0.25, 0.3) is 5.91 Å². The number of nitrogens with two attached hydrogens (primary N) is 1. The highest BCUT2D eigenvalue weighted by Gasteiger charge is 2.52. The topological polar surface area (TPSA) is 289 Å². The molecule has 4 rings (SSSR count). The van der Waals surface area contributed by atoms with Crippen LogP contribution in [0, 0.1) is 5.92 Å². The number of rotatable bonds is 28. The number of hydrogen-bond acceptors (Lipinski definition) is 12. The smallest absolute Gasteiger partial charge is 0.338 e. The van der Waals surface area contributed by atoms with Gasteiger partial charge in [0.05, 0.1) is 18.7 Å². The lowest BCUT2D eigenvalue weighted by Gasteiger charge is -2.24. The van der Waals surface area contributed by atoms with Gasteiger partial charge in [0.1, 0.15) is 23.9 Å². The molecule has 8 atom stereocenters. The Hall–Kier alpha value is -5.11. The van der Waals surface area contributed by atoms with Gasteiger partial charge in [-0.3, -0.25) is 28.8 Å². The average Bonchev–Trinajstić information content (AvgIpc) is 3.83. The molecule has 10 N–H and O–H groups in total. The van der Waals surface area contributed by atoms with Crippen molar-refractivity contribution in [3.8, 4) is 5.75 Å². The second-order valence-electron chi connectivity index (χ2n) is 16.3. The monoisotopic (exact) mass is 888 g/mol. The van der Waals surface area contributed by atoms with Crippen molar-refractivity contribution >= 4 is 59.2 Å². The van der Waals surface area contributed by atoms with Crippen LogP contribution < -0.4 is 43.0 Å². The van der Waals surface area contributed by atoms with Gasteiger partial charge in [0.2, 0.25) is 29.5 Å². The average molecular weight is 889 g/mol. The molecule has 0 spiro atoms. The van der Waals surface area contributed by atoms with Crippen molar-refractivity contribution in [2.24, 2.45) is 11.7 Å². The molecule has 0 bridgehead atoms. The molecule has 62 heavy (non-hydrogen) atoms. The van der Waals surface area contributed by atoms with Gasteiger partial charge in [-0.15, -0.1) is 0 Å². The van der Waals surface area contributed by atoms with Gasteiger partial charge >= 0.3 is 12.0 Å². The van der Waals surface area contributed by atoms with Crippen LogP contribution in [0.5, 0.6) is 5.75 Å². The molecular weight excluding hydrogens is 825 g/mol. The molecule has 0 radical (unpaired) electrons. The van der Waals surface area contributed by atoms with Crippen LogP contribution in [-0.2, 0) is 49.5 Å². The summed E-state index contributed by atoms with van der Waals surface area (Å²) >= 11 is 1.81. The van der Waals surface area contributed by atoms with Crippen LogP contribution in [0.3, 0.4) is 0 Å². The van der Waals surface area contributed by atoms with E-state index in [9.17, 15) is 43.5 Å². The number of amides is 8. The molecule has 3 saturated heterocycles. The molecule has 3 fully saturated rings. The molecule has 1 aromatic rings. The highest BCUT2D eigenvalue weighted by atomic mass is 32.2. The van der Waals surface area contributed by atoms with Gasteiger partial charge in [-0.1, -0.05) is 32.4 Å². The lowest BCUT2D eigenvalue weighted by molar-refractivity contribution is -0.144. The number of hydrogen-bond donors (Lipinski definition) is 9. The quantitative estimate of drug-likeness (QED) is 0.0242. The number of fused-ring (bicyclic) bond motifs is 1. The van der Waals surface area contributed by atoms with E-state index in [-0.39, 0.29) is 74.0 Å². The van der Waals surface area contributed by atoms with Crippen LogP contribution in [0.15, 0.2) is 24.3 Å². The Morgan fingerprint density at radius 1 is 0.839 bits per heavy atom. The Morgan fingerprint density at radius 2 is 1.55 bits per heavy atom. The normalized spacial score (nSPS) is 21.3. The minimum Gasteiger partial charge on any atom is -0.508 e. The number of aromatic hydroxyl groups is 1. The third kappa shape index (κ3) is 16.6. The maximum absolute atomic E-state index is 13.6. The van der Waals surface area contributed by atoms with Crippen molar-refractivity contribution in [2.75, 3.05) is 25.4 Å². The van der Waals surface area contributed by atoms with Crippen LogP contribution in [0.2, 0.25) is 0 Å². The maximum atomic E-state index is 13.6. The number of primary amides is 1. The Balaban J connectivity index is 1.13. The molecule has 19 nitrogen and oxygen atoms in total. The zero-order valence-electron chi connectivity index (χ0n) is 35.8. The molecule has 3 aliphatic heterocycles. The number of thioether (sulfide) groups is 1. The number of phenolic OH excluding ortho intramolecular Hbond substituents is 1. The standard InChI is InChI=1S/C42H64N8O11S/c1-4-60-41(58)36-35(61-36)40(57)48-28(21-24(2)3)39(56)47-29(22-25-15-17-26(51)18-16-25)38(55)45-20-8-5-6-13-33(53)46-27(37(43)54)11-7-9-19-44-32(52)14-10-12-31-34-30(23-62-31)49-42(59)50-34/h15-18,24,27-31,34-36,51H,4-14,19-23H2,1-3H3,(H2,43,54)(H,44,52)(H,45,55)(H,46,53)(H,47,56)(H,48,57)(H2,49,50,59)/t27-,28-,29-,30?,31?,34?,35?,36?/m0/s1. The number of esters is 1. The molecular formula is C42H64N8O11S. The van der Waals surface area contributed by atoms with Gasteiger partial charge in [0, 0.05) is 43.4 Å². The van der Waals surface area contributed by atoms with Crippen molar-refractivity contribution in [2.45, 2.75) is 145 Å². The molecule has 3 aliphatic rings. The molecule has 1 aromatic carbocycles. The Morgan fingerprint density at radius 3 is 2.26 bits per heavy atom. The molecule has 5 unspecified atom stereocenters. The second kappa shape index (κ2) is 25.1. The first-order valence-electron chi connectivity index (χ1n) is 21.7. The summed E-state index contributed by atoms with van der Waals surface area (Å²) in [7, 11) is 0. The Labute approximate surface area is 366 Å². The Kier molecular flexibility index (Phi) is 20.1. The fourth-order valence-corrected chi connectivity index (χ4v) is 8.94. The molecule has 0 saturated carbocycles. The maximum Gasteiger partial charge on any atom is 0.338 e. The third-order valence-corrected chi connectivity index (χ3v) is 12.3. The predicted molar refractivity (Wildman–Crippen MR) is 229 cm³/mol. The van der Waals surface area contributed by atoms with E-state index in [1.54, 1.807) is 19.1 Å². The summed E-state index contributed by atoms with van der Waals surface area (Å²) in [6.45, 7) is 6.21. The Bertz CT molecular complexity index is 1720. The summed E-state index contributed by atoms with van der Waals surface area (Å²) in [5.41, 5.74) is 6.22. The van der Waals surface area contributed by atoms with E-state index in [1.165, 1.54) is 12.1 Å². The number of benzene rings is 1. The third-order valence-electron chi connectivity index (χ3n) is 10.7. The first-order chi connectivity index (χ1) is 29.6. The number of carbonyl (C=O) groups is 8. The number of unbranched alkanes of at least 4 members (excludes halogenated alkanes) is 3. The molecule has 344 valence electrons. The summed E-state index contributed by atoms with van der Waals surface area (Å²) in [4.78, 5) is 100. The summed E-state index contributed by atoms with van der Waals surface area (Å²) in [5.74, 6) is -2.47. The largest absolute Gasteiger partial charge is 0.508 e. The van der Waals surface area contributed by atoms with Crippen LogP contribution in [-0.4, -0.2) is 126 Å². The van der Waals surface area contributed by atoms with E-state index in [1.807, 2.05) is 25.6 Å². The highest BCUT2D eigenvalue weighted by molar-refractivity contribution is 8.00. The van der Waals surface area contributed by atoms with Crippen molar-refractivity contribution in [3.05, 3.63) is 29.8 Å². The first kappa shape index (κ1) is 49.5. The second-order valence-corrected chi connectivity index (χ2v) is 17.6. The van der Waals surface area contributed by atoms with Gasteiger partial charge in [0.15, 0.2) is 12.2 Å². The van der Waals surface area contributed by atoms with E-state index in [2.05, 4.69) is 37.2 Å². The van der Waals surface area contributed by atoms with E-state index in [0.717, 1.165) is 18.6 Å². The lowest BCUT2D eigenvalue weighted by Crippen LogP contribution is -2.55. The fourth-order valence-electron chi connectivity index (χ4n) is 7.39. The summed E-state index contributed by atoms with van der Waals surface area (Å²) in [5, 5.41) is 29.8. The summed E-state index contributed by atoms with van der Waals surface area (Å²) in [6, 6.07) is 3.45. The van der Waals surface area contributed by atoms with Crippen LogP contribution in [0.4, 0.5) is 4.79 Å². The zero-order chi connectivity index (χ0) is 45.2. The molecule has 0 aliphatic carbocycles. The number of ether oxygens (including phenoxy) is 2. The van der Waals surface area contributed by atoms with E-state index >= 15 is 0 Å². The number of epoxide rings is 1. The molecule has 20 heteroatoms. The number of nitrogens with one attached hydrogen (secondary N) is 7. The first-order valence-corrected chi connectivity index (χ1v) is 22.7. The molecule has 0 aromatic heterocycles. The molecule has 3 heterocycles. The minimum atomic E-state index is -1.07. The van der Waals surface area contributed by atoms with Crippen molar-refractivity contribution < 1.29 is 52.9 Å². The summed E-state index contributed by atoms with van der Waals surface area (Å²) < 4.78 is 10.1. The minimum absolute atomic E-state index is 0.0135. The van der Waals surface area contributed by atoms with Crippen LogP contribution in [0.1, 0.15) is 97.0 Å². The van der Waals surface area contributed by atoms with Crippen LogP contribution in [0.25, 0.3) is 0 Å². The van der Waals surface area contributed by atoms with E-state index in [4.69, 9.17) is 15.2 Å². The van der Waals surface area contributed by atoms with E-state index in [0.29, 0.717) is 62.3 Å².